The van der Waals surface area contributed by atoms with Crippen molar-refractivity contribution in [3.8, 4) is 0 Å². The predicted octanol–water partition coefficient (Wildman–Crippen LogP) is 2.94. The van der Waals surface area contributed by atoms with Crippen molar-refractivity contribution in [2.24, 2.45) is 10.8 Å². The molecule has 2 aliphatic rings. The Kier molecular flexibility index (Phi) is 1.61. The standard InChI is InChI=1S/C11H18O/c1-10(2)8-11(9(10)12)6-4-3-5-7-11/h3-8H2,1-2H3. The van der Waals surface area contributed by atoms with Gasteiger partial charge < -0.3 is 0 Å². The predicted molar refractivity (Wildman–Crippen MR) is 48.9 cm³/mol. The van der Waals surface area contributed by atoms with E-state index in [4.69, 9.17) is 0 Å². The van der Waals surface area contributed by atoms with Gasteiger partial charge in [-0.25, -0.2) is 0 Å². The number of Topliss-reactive ketones (excluding diaryl/α,β-unsaturated/α-hetero) is 1. The van der Waals surface area contributed by atoms with Gasteiger partial charge in [-0.3, -0.25) is 4.79 Å². The molecular weight excluding hydrogens is 148 g/mol. The number of ketones is 1. The van der Waals surface area contributed by atoms with E-state index in [2.05, 4.69) is 13.8 Å². The van der Waals surface area contributed by atoms with Gasteiger partial charge in [-0.05, 0) is 19.3 Å². The van der Waals surface area contributed by atoms with Crippen LogP contribution in [0.15, 0.2) is 0 Å². The monoisotopic (exact) mass is 166 g/mol. The van der Waals surface area contributed by atoms with Gasteiger partial charge in [0, 0.05) is 10.8 Å². The molecule has 0 radical (unpaired) electrons. The van der Waals surface area contributed by atoms with Gasteiger partial charge in [0.2, 0.25) is 0 Å². The third-order valence-corrected chi connectivity index (χ3v) is 3.69. The Hall–Kier alpha value is -0.330. The van der Waals surface area contributed by atoms with Gasteiger partial charge in [0.1, 0.15) is 5.78 Å². The zero-order valence-electron chi connectivity index (χ0n) is 8.15. The first-order valence-corrected chi connectivity index (χ1v) is 5.12. The molecule has 0 bridgehead atoms. The largest absolute Gasteiger partial charge is 0.298 e. The third-order valence-electron chi connectivity index (χ3n) is 3.69. The van der Waals surface area contributed by atoms with E-state index in [9.17, 15) is 4.79 Å². The maximum atomic E-state index is 11.9. The van der Waals surface area contributed by atoms with Gasteiger partial charge in [-0.15, -0.1) is 0 Å². The lowest BCUT2D eigenvalue weighted by atomic mass is 9.49. The molecule has 0 heterocycles. The summed E-state index contributed by atoms with van der Waals surface area (Å²) in [6, 6.07) is 0. The van der Waals surface area contributed by atoms with E-state index in [0.29, 0.717) is 5.78 Å². The summed E-state index contributed by atoms with van der Waals surface area (Å²) in [7, 11) is 0. The lowest BCUT2D eigenvalue weighted by molar-refractivity contribution is -0.158. The Labute approximate surface area is 74.5 Å². The zero-order valence-corrected chi connectivity index (χ0v) is 8.15. The van der Waals surface area contributed by atoms with E-state index >= 15 is 0 Å². The zero-order chi connectivity index (χ0) is 8.82. The average Bonchev–Trinajstić information content (AvgIpc) is 2.05. The second-order valence-corrected chi connectivity index (χ2v) is 5.23. The molecule has 0 unspecified atom stereocenters. The molecule has 1 nitrogen and oxygen atoms in total. The van der Waals surface area contributed by atoms with Gasteiger partial charge in [0.25, 0.3) is 0 Å². The van der Waals surface area contributed by atoms with Gasteiger partial charge >= 0.3 is 0 Å². The quantitative estimate of drug-likeness (QED) is 0.540. The molecule has 0 saturated heterocycles. The fourth-order valence-corrected chi connectivity index (χ4v) is 3.25. The highest BCUT2D eigenvalue weighted by atomic mass is 16.1. The van der Waals surface area contributed by atoms with Gasteiger partial charge in [-0.2, -0.15) is 0 Å². The Balaban J connectivity index is 2.11. The second-order valence-electron chi connectivity index (χ2n) is 5.23. The molecule has 0 N–H and O–H groups in total. The average molecular weight is 166 g/mol. The maximum Gasteiger partial charge on any atom is 0.144 e. The summed E-state index contributed by atoms with van der Waals surface area (Å²) in [6.07, 6.45) is 7.41. The van der Waals surface area contributed by atoms with E-state index < -0.39 is 0 Å². The number of carbonyl (C=O) groups is 1. The van der Waals surface area contributed by atoms with Crippen LogP contribution in [0.5, 0.6) is 0 Å². The van der Waals surface area contributed by atoms with Crippen molar-refractivity contribution < 1.29 is 4.79 Å². The molecule has 2 aliphatic carbocycles. The lowest BCUT2D eigenvalue weighted by Crippen LogP contribution is -2.55. The summed E-state index contributed by atoms with van der Waals surface area (Å²) in [5, 5.41) is 0. The van der Waals surface area contributed by atoms with Crippen LogP contribution in [0, 0.1) is 10.8 Å². The summed E-state index contributed by atoms with van der Waals surface area (Å²) in [4.78, 5) is 11.9. The fraction of sp³-hybridized carbons (Fsp3) is 0.909. The SMILES string of the molecule is CC1(C)CC2(CCCCC2)C1=O. The van der Waals surface area contributed by atoms with Crippen LogP contribution in [0.1, 0.15) is 52.4 Å². The first-order chi connectivity index (χ1) is 5.57. The Morgan fingerprint density at radius 2 is 1.67 bits per heavy atom. The van der Waals surface area contributed by atoms with Crippen LogP contribution in [0.4, 0.5) is 0 Å². The Morgan fingerprint density at radius 1 is 1.08 bits per heavy atom. The van der Waals surface area contributed by atoms with Crippen LogP contribution in [0.2, 0.25) is 0 Å². The molecule has 0 atom stereocenters. The summed E-state index contributed by atoms with van der Waals surface area (Å²) in [5.74, 6) is 0.551. The first-order valence-electron chi connectivity index (χ1n) is 5.12. The minimum absolute atomic E-state index is 0.0112. The molecule has 0 aromatic carbocycles. The Morgan fingerprint density at radius 3 is 2.08 bits per heavy atom. The summed E-state index contributed by atoms with van der Waals surface area (Å²) in [6.45, 7) is 4.18. The third kappa shape index (κ3) is 0.949. The van der Waals surface area contributed by atoms with Crippen LogP contribution in [-0.4, -0.2) is 5.78 Å². The summed E-state index contributed by atoms with van der Waals surface area (Å²) in [5.41, 5.74) is 0.166. The normalized spacial score (nSPS) is 31.7. The number of carbonyl (C=O) groups excluding carboxylic acids is 1. The van der Waals surface area contributed by atoms with Crippen molar-refractivity contribution in [1.82, 2.24) is 0 Å². The molecule has 0 aromatic heterocycles. The van der Waals surface area contributed by atoms with Crippen molar-refractivity contribution >= 4 is 5.78 Å². The van der Waals surface area contributed by atoms with E-state index in [-0.39, 0.29) is 10.8 Å². The number of hydrogen-bond acceptors (Lipinski definition) is 1. The van der Waals surface area contributed by atoms with E-state index in [0.717, 1.165) is 6.42 Å². The maximum absolute atomic E-state index is 11.9. The van der Waals surface area contributed by atoms with Crippen molar-refractivity contribution in [3.63, 3.8) is 0 Å². The van der Waals surface area contributed by atoms with Gasteiger partial charge in [0.15, 0.2) is 0 Å². The minimum atomic E-state index is 0.0112. The highest BCUT2D eigenvalue weighted by Gasteiger charge is 2.57. The molecule has 12 heavy (non-hydrogen) atoms. The van der Waals surface area contributed by atoms with E-state index in [1.807, 2.05) is 0 Å². The summed E-state index contributed by atoms with van der Waals surface area (Å²) >= 11 is 0. The highest BCUT2D eigenvalue weighted by Crippen LogP contribution is 2.57. The highest BCUT2D eigenvalue weighted by molar-refractivity contribution is 5.95. The number of hydrogen-bond donors (Lipinski definition) is 0. The van der Waals surface area contributed by atoms with Crippen molar-refractivity contribution in [2.75, 3.05) is 0 Å². The number of rotatable bonds is 0. The second kappa shape index (κ2) is 2.34. The molecule has 1 heteroatoms. The molecule has 0 aliphatic heterocycles. The molecule has 1 spiro atoms. The van der Waals surface area contributed by atoms with Crippen LogP contribution in [0.3, 0.4) is 0 Å². The molecule has 2 saturated carbocycles. The minimum Gasteiger partial charge on any atom is -0.298 e. The van der Waals surface area contributed by atoms with Crippen molar-refractivity contribution in [2.45, 2.75) is 52.4 Å². The molecule has 0 amide bonds. The van der Waals surface area contributed by atoms with Crippen LogP contribution < -0.4 is 0 Å². The van der Waals surface area contributed by atoms with Crippen molar-refractivity contribution in [3.05, 3.63) is 0 Å². The molecular formula is C11H18O. The van der Waals surface area contributed by atoms with Crippen LogP contribution >= 0.6 is 0 Å². The van der Waals surface area contributed by atoms with Gasteiger partial charge in [-0.1, -0.05) is 33.1 Å². The first kappa shape index (κ1) is 8.28. The molecule has 2 rings (SSSR count). The molecule has 0 aromatic rings. The Bertz CT molecular complexity index is 209. The lowest BCUT2D eigenvalue weighted by Gasteiger charge is -2.53. The van der Waals surface area contributed by atoms with E-state index in [1.165, 1.54) is 32.1 Å². The van der Waals surface area contributed by atoms with Crippen LogP contribution in [-0.2, 0) is 4.79 Å². The van der Waals surface area contributed by atoms with Crippen molar-refractivity contribution in [1.29, 1.82) is 0 Å². The van der Waals surface area contributed by atoms with Gasteiger partial charge in [0.05, 0.1) is 0 Å². The van der Waals surface area contributed by atoms with Crippen LogP contribution in [0.25, 0.3) is 0 Å². The summed E-state index contributed by atoms with van der Waals surface area (Å²) < 4.78 is 0. The van der Waals surface area contributed by atoms with E-state index in [1.54, 1.807) is 0 Å². The molecule has 2 fully saturated rings. The smallest absolute Gasteiger partial charge is 0.144 e. The fourth-order valence-electron chi connectivity index (χ4n) is 3.25. The topological polar surface area (TPSA) is 17.1 Å². The molecule has 68 valence electrons.